The van der Waals surface area contributed by atoms with E-state index in [-0.39, 0.29) is 12.1 Å². The van der Waals surface area contributed by atoms with Gasteiger partial charge in [0.05, 0.1) is 24.9 Å². The molecule has 2 aromatic heterocycles. The molecule has 0 saturated carbocycles. The van der Waals surface area contributed by atoms with Crippen molar-refractivity contribution in [3.05, 3.63) is 59.3 Å². The predicted octanol–water partition coefficient (Wildman–Crippen LogP) is 3.17. The van der Waals surface area contributed by atoms with Crippen LogP contribution < -0.4 is 15.5 Å². The number of rotatable bonds is 6. The molecule has 5 rings (SSSR count). The Labute approximate surface area is 217 Å². The first kappa shape index (κ1) is 25.0. The molecule has 1 atom stereocenters. The fourth-order valence-corrected chi connectivity index (χ4v) is 4.81. The summed E-state index contributed by atoms with van der Waals surface area (Å²) >= 11 is 0. The summed E-state index contributed by atoms with van der Waals surface area (Å²) in [7, 11) is 0. The Balaban J connectivity index is 1.44. The predicted molar refractivity (Wildman–Crippen MR) is 142 cm³/mol. The van der Waals surface area contributed by atoms with Crippen LogP contribution in [0.5, 0.6) is 0 Å². The smallest absolute Gasteiger partial charge is 0.319 e. The largest absolute Gasteiger partial charge is 0.377 e. The molecule has 1 saturated heterocycles. The first-order chi connectivity index (χ1) is 18.0. The van der Waals surface area contributed by atoms with Gasteiger partial charge in [0.1, 0.15) is 11.6 Å². The summed E-state index contributed by atoms with van der Waals surface area (Å²) in [5.41, 5.74) is 5.02. The quantitative estimate of drug-likeness (QED) is 0.529. The van der Waals surface area contributed by atoms with Crippen LogP contribution in [0.3, 0.4) is 0 Å². The highest BCUT2D eigenvalue weighted by Crippen LogP contribution is 2.32. The number of fused-ring (bicyclic) bond motifs is 1. The highest BCUT2D eigenvalue weighted by atomic mass is 16.5. The number of amides is 2. The molecule has 10 heteroatoms. The molecule has 0 spiro atoms. The van der Waals surface area contributed by atoms with Crippen molar-refractivity contribution in [2.75, 3.05) is 43.1 Å². The molecule has 37 heavy (non-hydrogen) atoms. The van der Waals surface area contributed by atoms with Crippen LogP contribution in [0.1, 0.15) is 36.5 Å². The van der Waals surface area contributed by atoms with Gasteiger partial charge in [-0.1, -0.05) is 0 Å². The summed E-state index contributed by atoms with van der Waals surface area (Å²) in [6.45, 7) is 11.2. The highest BCUT2D eigenvalue weighted by Gasteiger charge is 2.29. The molecule has 2 amide bonds. The number of benzene rings is 1. The number of aromatic nitrogens is 4. The molecule has 1 fully saturated rings. The van der Waals surface area contributed by atoms with Crippen LogP contribution in [0, 0.1) is 6.92 Å². The van der Waals surface area contributed by atoms with Crippen molar-refractivity contribution in [1.29, 1.82) is 0 Å². The molecule has 194 valence electrons. The zero-order valence-electron chi connectivity index (χ0n) is 21.7. The number of carbonyl (C=O) groups is 1. The van der Waals surface area contributed by atoms with Crippen molar-refractivity contribution < 1.29 is 9.53 Å². The minimum absolute atomic E-state index is 0.219. The van der Waals surface area contributed by atoms with Gasteiger partial charge >= 0.3 is 6.03 Å². The second-order valence-corrected chi connectivity index (χ2v) is 9.57. The number of morpholine rings is 1. The van der Waals surface area contributed by atoms with E-state index < -0.39 is 0 Å². The van der Waals surface area contributed by atoms with Crippen LogP contribution in [0.4, 0.5) is 16.3 Å². The van der Waals surface area contributed by atoms with Crippen molar-refractivity contribution in [1.82, 2.24) is 30.2 Å². The lowest BCUT2D eigenvalue weighted by Crippen LogP contribution is -2.45. The second kappa shape index (κ2) is 11.2. The standard InChI is InChI=1S/C27H34N8O2/c1-4-28-27(36)31-22-7-5-21(6-8-22)25-32-24-16-34(15-20-13-29-19(3)30-14-20)10-9-23(24)26(33-25)35-11-12-37-17-18(35)2/h5-8,13-14,18H,4,9-12,15-17H2,1-3H3,(H2,28,31,36)/t18-/m0/s1. The van der Waals surface area contributed by atoms with E-state index in [9.17, 15) is 4.79 Å². The van der Waals surface area contributed by atoms with E-state index in [1.54, 1.807) is 0 Å². The molecule has 2 aliphatic rings. The van der Waals surface area contributed by atoms with Gasteiger partial charge in [-0.3, -0.25) is 4.90 Å². The Kier molecular flexibility index (Phi) is 7.57. The van der Waals surface area contributed by atoms with Crippen LogP contribution >= 0.6 is 0 Å². The minimum Gasteiger partial charge on any atom is -0.377 e. The van der Waals surface area contributed by atoms with Crippen LogP contribution in [-0.2, 0) is 24.2 Å². The van der Waals surface area contributed by atoms with Crippen molar-refractivity contribution >= 4 is 17.5 Å². The third-order valence-corrected chi connectivity index (χ3v) is 6.74. The molecular formula is C27H34N8O2. The van der Waals surface area contributed by atoms with Crippen LogP contribution in [0.25, 0.3) is 11.4 Å². The summed E-state index contributed by atoms with van der Waals surface area (Å²) in [6.07, 6.45) is 4.69. The summed E-state index contributed by atoms with van der Waals surface area (Å²) in [5.74, 6) is 2.48. The van der Waals surface area contributed by atoms with Crippen LogP contribution in [-0.4, -0.2) is 69.8 Å². The number of hydrogen-bond donors (Lipinski definition) is 2. The molecule has 1 aromatic carbocycles. The lowest BCUT2D eigenvalue weighted by molar-refractivity contribution is 0.0983. The van der Waals surface area contributed by atoms with Crippen molar-refractivity contribution in [3.63, 3.8) is 0 Å². The molecule has 2 N–H and O–H groups in total. The maximum absolute atomic E-state index is 11.9. The first-order valence-electron chi connectivity index (χ1n) is 12.9. The average Bonchev–Trinajstić information content (AvgIpc) is 2.90. The Morgan fingerprint density at radius 3 is 2.65 bits per heavy atom. The molecule has 0 bridgehead atoms. The lowest BCUT2D eigenvalue weighted by atomic mass is 10.0. The zero-order valence-corrected chi connectivity index (χ0v) is 21.7. The monoisotopic (exact) mass is 502 g/mol. The molecule has 10 nitrogen and oxygen atoms in total. The third-order valence-electron chi connectivity index (χ3n) is 6.74. The third kappa shape index (κ3) is 5.86. The first-order valence-corrected chi connectivity index (χ1v) is 12.9. The number of aryl methyl sites for hydroxylation is 1. The van der Waals surface area contributed by atoms with Gasteiger partial charge < -0.3 is 20.3 Å². The van der Waals surface area contributed by atoms with E-state index in [4.69, 9.17) is 14.7 Å². The van der Waals surface area contributed by atoms with Crippen molar-refractivity contribution in [3.8, 4) is 11.4 Å². The Morgan fingerprint density at radius 2 is 1.92 bits per heavy atom. The molecule has 0 aliphatic carbocycles. The molecule has 0 unspecified atom stereocenters. The maximum atomic E-state index is 11.9. The number of ether oxygens (including phenoxy) is 1. The van der Waals surface area contributed by atoms with E-state index in [1.807, 2.05) is 50.5 Å². The van der Waals surface area contributed by atoms with Crippen molar-refractivity contribution in [2.45, 2.75) is 46.3 Å². The number of carbonyl (C=O) groups excluding carboxylic acids is 1. The molecule has 0 radical (unpaired) electrons. The van der Waals surface area contributed by atoms with Gasteiger partial charge in [0.2, 0.25) is 0 Å². The molecule has 3 aromatic rings. The van der Waals surface area contributed by atoms with Gasteiger partial charge in [0.25, 0.3) is 0 Å². The van der Waals surface area contributed by atoms with E-state index in [1.165, 1.54) is 5.56 Å². The maximum Gasteiger partial charge on any atom is 0.319 e. The summed E-state index contributed by atoms with van der Waals surface area (Å²) in [5, 5.41) is 5.59. The SMILES string of the molecule is CCNC(=O)Nc1ccc(-c2nc3c(c(N4CCOC[C@@H]4C)n2)CCN(Cc2cnc(C)nc2)C3)cc1. The summed E-state index contributed by atoms with van der Waals surface area (Å²) < 4.78 is 5.70. The van der Waals surface area contributed by atoms with Gasteiger partial charge in [0, 0.05) is 67.5 Å². The number of nitrogens with one attached hydrogen (secondary N) is 2. The van der Waals surface area contributed by atoms with E-state index in [2.05, 4.69) is 37.3 Å². The zero-order chi connectivity index (χ0) is 25.8. The summed E-state index contributed by atoms with van der Waals surface area (Å²) in [4.78, 5) is 35.5. The molecule has 2 aliphatic heterocycles. The van der Waals surface area contributed by atoms with E-state index >= 15 is 0 Å². The average molecular weight is 503 g/mol. The fraction of sp³-hybridized carbons (Fsp3) is 0.444. The van der Waals surface area contributed by atoms with Gasteiger partial charge in [-0.15, -0.1) is 0 Å². The highest BCUT2D eigenvalue weighted by molar-refractivity contribution is 5.89. The number of anilines is 2. The number of nitrogens with zero attached hydrogens (tertiary/aromatic N) is 6. The number of urea groups is 1. The van der Waals surface area contributed by atoms with Crippen molar-refractivity contribution in [2.24, 2.45) is 0 Å². The number of hydrogen-bond acceptors (Lipinski definition) is 8. The van der Waals surface area contributed by atoms with E-state index in [0.717, 1.165) is 66.8 Å². The van der Waals surface area contributed by atoms with E-state index in [0.29, 0.717) is 25.6 Å². The summed E-state index contributed by atoms with van der Waals surface area (Å²) in [6, 6.07) is 7.71. The molecule has 4 heterocycles. The van der Waals surface area contributed by atoms with Crippen LogP contribution in [0.2, 0.25) is 0 Å². The Morgan fingerprint density at radius 1 is 1.14 bits per heavy atom. The Hall–Kier alpha value is -3.63. The topological polar surface area (TPSA) is 108 Å². The normalized spacial score (nSPS) is 17.8. The second-order valence-electron chi connectivity index (χ2n) is 9.57. The van der Waals surface area contributed by atoms with Gasteiger partial charge in [0.15, 0.2) is 5.82 Å². The fourth-order valence-electron chi connectivity index (χ4n) is 4.81. The van der Waals surface area contributed by atoms with Gasteiger partial charge in [-0.2, -0.15) is 0 Å². The molecular weight excluding hydrogens is 468 g/mol. The van der Waals surface area contributed by atoms with Crippen LogP contribution in [0.15, 0.2) is 36.7 Å². The van der Waals surface area contributed by atoms with Gasteiger partial charge in [-0.05, 0) is 51.5 Å². The minimum atomic E-state index is -0.219. The van der Waals surface area contributed by atoms with Gasteiger partial charge in [-0.25, -0.2) is 24.7 Å². The Bertz CT molecular complexity index is 1230. The lowest BCUT2D eigenvalue weighted by Gasteiger charge is -2.37.